The minimum Gasteiger partial charge on any atom is -0.372 e. The maximum Gasteiger partial charge on any atom is 0.0944 e. The number of rotatable bonds is 17. The summed E-state index contributed by atoms with van der Waals surface area (Å²) in [5.74, 6) is 0. The summed E-state index contributed by atoms with van der Waals surface area (Å²) < 4.78 is -0.568. The Morgan fingerprint density at radius 3 is 0.875 bits per heavy atom. The molecule has 0 saturated carbocycles. The number of anilines is 4. The molecule has 4 aromatic carbocycles. The van der Waals surface area contributed by atoms with Crippen molar-refractivity contribution in [2.45, 2.75) is 59.7 Å². The van der Waals surface area contributed by atoms with E-state index in [-0.39, 0.29) is 0 Å². The van der Waals surface area contributed by atoms with Crippen LogP contribution in [0.2, 0.25) is 0 Å². The van der Waals surface area contributed by atoms with Gasteiger partial charge in [-0.2, -0.15) is 0 Å². The van der Waals surface area contributed by atoms with Gasteiger partial charge in [-0.15, -0.1) is 0 Å². The molecule has 256 valence electrons. The van der Waals surface area contributed by atoms with Crippen molar-refractivity contribution in [2.24, 2.45) is 0 Å². The van der Waals surface area contributed by atoms with Crippen LogP contribution >= 0.6 is 15.9 Å². The summed E-state index contributed by atoms with van der Waals surface area (Å²) >= 11 is 4.39. The molecule has 4 nitrogen and oxygen atoms in total. The maximum atomic E-state index is 4.39. The quantitative estimate of drug-likeness (QED) is 0.101. The molecule has 0 radical (unpaired) electrons. The Morgan fingerprint density at radius 1 is 0.417 bits per heavy atom. The van der Waals surface area contributed by atoms with E-state index in [2.05, 4.69) is 194 Å². The molecule has 0 N–H and O–H groups in total. The average molecular weight is 710 g/mol. The second-order valence-electron chi connectivity index (χ2n) is 12.1. The maximum absolute atomic E-state index is 4.39. The summed E-state index contributed by atoms with van der Waals surface area (Å²) in [5.41, 5.74) is 11.0. The first-order valence-corrected chi connectivity index (χ1v) is 18.9. The molecule has 48 heavy (non-hydrogen) atoms. The van der Waals surface area contributed by atoms with Crippen molar-refractivity contribution in [3.05, 3.63) is 125 Å². The number of benzene rings is 4. The van der Waals surface area contributed by atoms with Crippen molar-refractivity contribution in [3.8, 4) is 0 Å². The van der Waals surface area contributed by atoms with Gasteiger partial charge in [0.05, 0.1) is 4.32 Å². The molecule has 0 aliphatic carbocycles. The highest BCUT2D eigenvalue weighted by molar-refractivity contribution is 9.10. The van der Waals surface area contributed by atoms with E-state index in [1.165, 1.54) is 50.6 Å². The lowest BCUT2D eigenvalue weighted by Gasteiger charge is -2.30. The van der Waals surface area contributed by atoms with Crippen molar-refractivity contribution < 1.29 is 0 Å². The molecule has 4 rings (SSSR count). The van der Waals surface area contributed by atoms with Gasteiger partial charge >= 0.3 is 0 Å². The molecular weight excluding hydrogens is 652 g/mol. The molecule has 0 aliphatic heterocycles. The molecule has 0 atom stereocenters. The molecule has 0 aliphatic rings. The number of hydrogen-bond acceptors (Lipinski definition) is 4. The number of nitrogens with zero attached hydrogens (tertiary/aromatic N) is 4. The third kappa shape index (κ3) is 8.29. The fourth-order valence-corrected chi connectivity index (χ4v) is 7.51. The van der Waals surface area contributed by atoms with Crippen LogP contribution in [0, 0.1) is 0 Å². The van der Waals surface area contributed by atoms with Crippen molar-refractivity contribution in [3.63, 3.8) is 0 Å². The largest absolute Gasteiger partial charge is 0.372 e. The van der Waals surface area contributed by atoms with Crippen LogP contribution in [-0.4, -0.2) is 52.4 Å². The minimum absolute atomic E-state index is 0.568. The van der Waals surface area contributed by atoms with E-state index in [1.54, 1.807) is 0 Å². The van der Waals surface area contributed by atoms with Crippen LogP contribution in [0.4, 0.5) is 22.7 Å². The summed E-state index contributed by atoms with van der Waals surface area (Å²) in [6.07, 6.45) is 2.44. The Balaban J connectivity index is 1.95. The Hall–Kier alpha value is -3.70. The van der Waals surface area contributed by atoms with E-state index in [1.807, 2.05) is 0 Å². The smallest absolute Gasteiger partial charge is 0.0944 e. The van der Waals surface area contributed by atoms with Gasteiger partial charge in [0, 0.05) is 75.1 Å². The summed E-state index contributed by atoms with van der Waals surface area (Å²) in [6, 6.07) is 36.5. The summed E-state index contributed by atoms with van der Waals surface area (Å²) in [4.78, 5) is 9.59. The summed E-state index contributed by atoms with van der Waals surface area (Å²) in [5, 5.41) is 0. The zero-order valence-electron chi connectivity index (χ0n) is 30.6. The highest BCUT2D eigenvalue weighted by Gasteiger charge is 2.31. The Morgan fingerprint density at radius 2 is 0.646 bits per heavy atom. The number of allylic oxidation sites excluding steroid dienone is 1. The van der Waals surface area contributed by atoms with Crippen LogP contribution in [0.15, 0.2) is 103 Å². The average Bonchev–Trinajstić information content (AvgIpc) is 3.14. The van der Waals surface area contributed by atoms with Crippen molar-refractivity contribution in [1.82, 2.24) is 0 Å². The third-order valence-electron chi connectivity index (χ3n) is 9.79. The molecule has 0 aromatic heterocycles. The van der Waals surface area contributed by atoms with Gasteiger partial charge in [0.15, 0.2) is 0 Å². The van der Waals surface area contributed by atoms with Crippen molar-refractivity contribution in [2.75, 3.05) is 72.0 Å². The fourth-order valence-electron chi connectivity index (χ4n) is 6.75. The third-order valence-corrected chi connectivity index (χ3v) is 10.9. The van der Waals surface area contributed by atoms with Crippen LogP contribution in [-0.2, 0) is 4.32 Å². The van der Waals surface area contributed by atoms with Gasteiger partial charge in [0.1, 0.15) is 0 Å². The lowest BCUT2D eigenvalue weighted by Crippen LogP contribution is -2.23. The second kappa shape index (κ2) is 17.6. The summed E-state index contributed by atoms with van der Waals surface area (Å²) in [7, 11) is 0. The Kier molecular flexibility index (Phi) is 13.6. The normalized spacial score (nSPS) is 11.3. The van der Waals surface area contributed by atoms with E-state index in [9.17, 15) is 0 Å². The zero-order chi connectivity index (χ0) is 34.7. The molecule has 0 unspecified atom stereocenters. The molecule has 0 bridgehead atoms. The molecule has 0 spiro atoms. The topological polar surface area (TPSA) is 13.0 Å². The molecule has 4 aromatic rings. The van der Waals surface area contributed by atoms with E-state index in [4.69, 9.17) is 0 Å². The molecule has 0 heterocycles. The van der Waals surface area contributed by atoms with Crippen LogP contribution in [0.1, 0.15) is 77.6 Å². The van der Waals surface area contributed by atoms with Gasteiger partial charge < -0.3 is 19.6 Å². The lowest BCUT2D eigenvalue weighted by molar-refractivity contribution is 0.862. The first kappa shape index (κ1) is 37.1. The first-order valence-electron chi connectivity index (χ1n) is 18.1. The zero-order valence-corrected chi connectivity index (χ0v) is 32.2. The van der Waals surface area contributed by atoms with Crippen LogP contribution in [0.25, 0.3) is 5.57 Å². The first-order chi connectivity index (χ1) is 23.3. The second-order valence-corrected chi connectivity index (χ2v) is 13.4. The van der Waals surface area contributed by atoms with E-state index < -0.39 is 4.32 Å². The van der Waals surface area contributed by atoms with Gasteiger partial charge in [-0.1, -0.05) is 70.5 Å². The lowest BCUT2D eigenvalue weighted by atomic mass is 9.85. The van der Waals surface area contributed by atoms with E-state index in [0.29, 0.717) is 0 Å². The van der Waals surface area contributed by atoms with Gasteiger partial charge in [-0.05, 0) is 132 Å². The monoisotopic (exact) mass is 708 g/mol. The highest BCUT2D eigenvalue weighted by Crippen LogP contribution is 2.44. The van der Waals surface area contributed by atoms with Gasteiger partial charge in [-0.25, -0.2) is 0 Å². The number of halogens is 1. The SMILES string of the molecule is CCN(CC)c1ccc(C(=CC(Br)(c2ccc(N(CC)CC)cc2)c2ccc(N(CC)CC)cc2)c2ccc(N(CC)CC)cc2)cc1. The minimum atomic E-state index is -0.568. The van der Waals surface area contributed by atoms with Crippen LogP contribution in [0.3, 0.4) is 0 Å². The highest BCUT2D eigenvalue weighted by atomic mass is 79.9. The summed E-state index contributed by atoms with van der Waals surface area (Å²) in [6.45, 7) is 25.6. The molecule has 0 amide bonds. The van der Waals surface area contributed by atoms with E-state index >= 15 is 0 Å². The number of alkyl halides is 1. The van der Waals surface area contributed by atoms with Gasteiger partial charge in [-0.3, -0.25) is 0 Å². The van der Waals surface area contributed by atoms with Gasteiger partial charge in [0.2, 0.25) is 0 Å². The number of hydrogen-bond donors (Lipinski definition) is 0. The predicted molar refractivity (Wildman–Crippen MR) is 217 cm³/mol. The molecule has 5 heteroatoms. The van der Waals surface area contributed by atoms with Crippen LogP contribution < -0.4 is 19.6 Å². The van der Waals surface area contributed by atoms with Crippen LogP contribution in [0.5, 0.6) is 0 Å². The van der Waals surface area contributed by atoms with Gasteiger partial charge in [0.25, 0.3) is 0 Å². The molecular formula is C43H57BrN4. The Bertz CT molecular complexity index is 1430. The van der Waals surface area contributed by atoms with Crippen molar-refractivity contribution >= 4 is 44.3 Å². The predicted octanol–water partition coefficient (Wildman–Crippen LogP) is 10.8. The fraction of sp³-hybridized carbons (Fsp3) is 0.395. The Labute approximate surface area is 300 Å². The van der Waals surface area contributed by atoms with Crippen molar-refractivity contribution in [1.29, 1.82) is 0 Å². The standard InChI is InChI=1S/C43H57BrN4/c1-9-45(10-2)38-25-17-34(18-26-38)42(35-19-27-39(28-20-35)46(11-3)12-4)33-43(44,36-21-29-40(30-22-36)47(13-5)14-6)37-23-31-41(32-24-37)48(15-7)16-8/h17-33H,9-16H2,1-8H3. The molecule has 0 saturated heterocycles. The molecule has 0 fully saturated rings. The van der Waals surface area contributed by atoms with E-state index in [0.717, 1.165) is 52.4 Å².